The van der Waals surface area contributed by atoms with Crippen LogP contribution in [0.5, 0.6) is 5.75 Å². The second-order valence-corrected chi connectivity index (χ2v) is 6.57. The van der Waals surface area contributed by atoms with E-state index in [1.54, 1.807) is 12.1 Å². The highest BCUT2D eigenvalue weighted by Gasteiger charge is 2.25. The molecule has 3 unspecified atom stereocenters. The van der Waals surface area contributed by atoms with E-state index < -0.39 is 6.61 Å². The molecule has 1 saturated carbocycles. The summed E-state index contributed by atoms with van der Waals surface area (Å²) in [7, 11) is 0. The summed E-state index contributed by atoms with van der Waals surface area (Å²) < 4.78 is 28.9. The highest BCUT2D eigenvalue weighted by atomic mass is 35.5. The maximum absolute atomic E-state index is 12.3. The van der Waals surface area contributed by atoms with E-state index in [1.165, 1.54) is 6.42 Å². The molecule has 3 atom stereocenters. The maximum atomic E-state index is 12.3. The smallest absolute Gasteiger partial charge is 0.387 e. The highest BCUT2D eigenvalue weighted by Crippen LogP contribution is 2.38. The number of rotatable bonds is 4. The van der Waals surface area contributed by atoms with Crippen molar-refractivity contribution in [1.29, 1.82) is 0 Å². The second kappa shape index (κ2) is 7.01. The van der Waals surface area contributed by atoms with E-state index in [4.69, 9.17) is 23.2 Å². The predicted octanol–water partition coefficient (Wildman–Crippen LogP) is 5.83. The zero-order chi connectivity index (χ0) is 15.6. The van der Waals surface area contributed by atoms with Crippen molar-refractivity contribution >= 4 is 28.9 Å². The molecule has 6 heteroatoms. The first-order chi connectivity index (χ1) is 9.86. The second-order valence-electron chi connectivity index (χ2n) is 5.76. The zero-order valence-corrected chi connectivity index (χ0v) is 13.5. The summed E-state index contributed by atoms with van der Waals surface area (Å²) in [5.74, 6) is 1.21. The SMILES string of the molecule is CC1CCC(Nc2cc(Cl)c(OC(F)F)c(Cl)c2)CC1C. The Hall–Kier alpha value is -0.740. The van der Waals surface area contributed by atoms with Crippen LogP contribution in [0, 0.1) is 11.8 Å². The first kappa shape index (κ1) is 16.6. The van der Waals surface area contributed by atoms with Gasteiger partial charge in [-0.2, -0.15) is 8.78 Å². The van der Waals surface area contributed by atoms with Gasteiger partial charge in [-0.1, -0.05) is 37.0 Å². The number of benzene rings is 1. The standard InChI is InChI=1S/C15H19Cl2F2NO/c1-8-3-4-10(5-9(8)2)20-11-6-12(16)14(13(17)7-11)21-15(18)19/h6-10,15,20H,3-5H2,1-2H3. The molecule has 1 aliphatic carbocycles. The quantitative estimate of drug-likeness (QED) is 0.746. The normalized spacial score (nSPS) is 26.0. The Kier molecular flexibility index (Phi) is 5.55. The third kappa shape index (κ3) is 4.36. The van der Waals surface area contributed by atoms with Crippen LogP contribution in [-0.2, 0) is 0 Å². The monoisotopic (exact) mass is 337 g/mol. The number of ether oxygens (including phenoxy) is 1. The van der Waals surface area contributed by atoms with Crippen LogP contribution in [0.3, 0.4) is 0 Å². The van der Waals surface area contributed by atoms with E-state index in [1.807, 2.05) is 0 Å². The lowest BCUT2D eigenvalue weighted by atomic mass is 9.79. The fourth-order valence-corrected chi connectivity index (χ4v) is 3.34. The van der Waals surface area contributed by atoms with Crippen molar-refractivity contribution in [3.05, 3.63) is 22.2 Å². The van der Waals surface area contributed by atoms with Crippen molar-refractivity contribution in [2.24, 2.45) is 11.8 Å². The molecule has 2 nitrogen and oxygen atoms in total. The van der Waals surface area contributed by atoms with Crippen LogP contribution in [0.1, 0.15) is 33.1 Å². The van der Waals surface area contributed by atoms with Gasteiger partial charge in [-0.25, -0.2) is 0 Å². The minimum atomic E-state index is -2.94. The van der Waals surface area contributed by atoms with E-state index in [9.17, 15) is 8.78 Å². The summed E-state index contributed by atoms with van der Waals surface area (Å²) in [6.45, 7) is 1.57. The van der Waals surface area contributed by atoms with Crippen molar-refractivity contribution in [2.75, 3.05) is 5.32 Å². The van der Waals surface area contributed by atoms with Gasteiger partial charge in [-0.3, -0.25) is 0 Å². The number of hydrogen-bond donors (Lipinski definition) is 1. The van der Waals surface area contributed by atoms with Gasteiger partial charge in [0, 0.05) is 11.7 Å². The summed E-state index contributed by atoms with van der Waals surface area (Å²) in [6.07, 6.45) is 3.33. The number of nitrogens with one attached hydrogen (secondary N) is 1. The zero-order valence-electron chi connectivity index (χ0n) is 12.0. The van der Waals surface area contributed by atoms with Gasteiger partial charge in [-0.05, 0) is 43.2 Å². The van der Waals surface area contributed by atoms with Crippen LogP contribution in [0.2, 0.25) is 10.0 Å². The summed E-state index contributed by atoms with van der Waals surface area (Å²) in [5.41, 5.74) is 0.735. The van der Waals surface area contributed by atoms with E-state index in [0.717, 1.165) is 24.4 Å². The lowest BCUT2D eigenvalue weighted by Gasteiger charge is -2.33. The lowest BCUT2D eigenvalue weighted by molar-refractivity contribution is -0.0497. The largest absolute Gasteiger partial charge is 0.432 e. The number of hydrogen-bond acceptors (Lipinski definition) is 2. The van der Waals surface area contributed by atoms with Gasteiger partial charge in [0.2, 0.25) is 0 Å². The molecule has 21 heavy (non-hydrogen) atoms. The lowest BCUT2D eigenvalue weighted by Crippen LogP contribution is -2.30. The molecule has 0 aromatic heterocycles. The van der Waals surface area contributed by atoms with Crippen molar-refractivity contribution in [2.45, 2.75) is 45.8 Å². The minimum Gasteiger partial charge on any atom is -0.432 e. The van der Waals surface area contributed by atoms with E-state index >= 15 is 0 Å². The van der Waals surface area contributed by atoms with Gasteiger partial charge in [0.25, 0.3) is 0 Å². The number of anilines is 1. The highest BCUT2D eigenvalue weighted by molar-refractivity contribution is 6.37. The fraction of sp³-hybridized carbons (Fsp3) is 0.600. The van der Waals surface area contributed by atoms with E-state index in [-0.39, 0.29) is 15.8 Å². The van der Waals surface area contributed by atoms with E-state index in [2.05, 4.69) is 23.9 Å². The molecule has 0 bridgehead atoms. The Labute approximate surface area is 133 Å². The first-order valence-corrected chi connectivity index (χ1v) is 7.82. The Morgan fingerprint density at radius 3 is 2.29 bits per heavy atom. The Balaban J connectivity index is 2.08. The van der Waals surface area contributed by atoms with Crippen molar-refractivity contribution in [3.63, 3.8) is 0 Å². The third-order valence-corrected chi connectivity index (χ3v) is 4.74. The molecule has 0 heterocycles. The Morgan fingerprint density at radius 2 is 1.76 bits per heavy atom. The molecule has 2 rings (SSSR count). The number of alkyl halides is 2. The van der Waals surface area contributed by atoms with Gasteiger partial charge >= 0.3 is 6.61 Å². The van der Waals surface area contributed by atoms with Gasteiger partial charge in [0.15, 0.2) is 5.75 Å². The summed E-state index contributed by atoms with van der Waals surface area (Å²) in [5, 5.41) is 3.55. The third-order valence-electron chi connectivity index (χ3n) is 4.17. The predicted molar refractivity (Wildman–Crippen MR) is 82.7 cm³/mol. The number of halogens is 4. The molecule has 0 saturated heterocycles. The van der Waals surface area contributed by atoms with Crippen LogP contribution in [0.4, 0.5) is 14.5 Å². The average molecular weight is 338 g/mol. The summed E-state index contributed by atoms with van der Waals surface area (Å²) in [4.78, 5) is 0. The van der Waals surface area contributed by atoms with Crippen LogP contribution in [0.15, 0.2) is 12.1 Å². The molecule has 1 aliphatic rings. The molecule has 1 fully saturated rings. The molecule has 0 aliphatic heterocycles. The van der Waals surface area contributed by atoms with Gasteiger partial charge < -0.3 is 10.1 Å². The molecule has 1 aromatic rings. The molecule has 1 aromatic carbocycles. The molecular formula is C15H19Cl2F2NO. The Bertz CT molecular complexity index is 476. The molecule has 118 valence electrons. The fourth-order valence-electron chi connectivity index (χ4n) is 2.76. The molecule has 0 amide bonds. The van der Waals surface area contributed by atoms with Crippen molar-refractivity contribution < 1.29 is 13.5 Å². The maximum Gasteiger partial charge on any atom is 0.387 e. The van der Waals surface area contributed by atoms with Crippen molar-refractivity contribution in [3.8, 4) is 5.75 Å². The van der Waals surface area contributed by atoms with Crippen LogP contribution in [-0.4, -0.2) is 12.7 Å². The molecule has 0 radical (unpaired) electrons. The molecule has 0 spiro atoms. The minimum absolute atomic E-state index is 0.0857. The molecule has 1 N–H and O–H groups in total. The van der Waals surface area contributed by atoms with Gasteiger partial charge in [0.1, 0.15) is 0 Å². The van der Waals surface area contributed by atoms with Crippen LogP contribution < -0.4 is 10.1 Å². The van der Waals surface area contributed by atoms with Crippen LogP contribution in [0.25, 0.3) is 0 Å². The summed E-state index contributed by atoms with van der Waals surface area (Å²) >= 11 is 11.9. The van der Waals surface area contributed by atoms with Gasteiger partial charge in [-0.15, -0.1) is 0 Å². The topological polar surface area (TPSA) is 21.3 Å². The molecular weight excluding hydrogens is 319 g/mol. The van der Waals surface area contributed by atoms with E-state index in [0.29, 0.717) is 12.0 Å². The Morgan fingerprint density at radius 1 is 1.14 bits per heavy atom. The van der Waals surface area contributed by atoms with Gasteiger partial charge in [0.05, 0.1) is 10.0 Å². The first-order valence-electron chi connectivity index (χ1n) is 7.07. The van der Waals surface area contributed by atoms with Crippen LogP contribution >= 0.6 is 23.2 Å². The average Bonchev–Trinajstić information content (AvgIpc) is 2.38. The summed E-state index contributed by atoms with van der Waals surface area (Å²) in [6, 6.07) is 3.51. The van der Waals surface area contributed by atoms with Crippen molar-refractivity contribution in [1.82, 2.24) is 0 Å².